The summed E-state index contributed by atoms with van der Waals surface area (Å²) in [5, 5.41) is 8.78. The summed E-state index contributed by atoms with van der Waals surface area (Å²) in [5.74, 6) is 1.49. The predicted octanol–water partition coefficient (Wildman–Crippen LogP) is 3.11. The lowest BCUT2D eigenvalue weighted by Crippen LogP contribution is -2.00. The molecule has 106 valence electrons. The van der Waals surface area contributed by atoms with E-state index >= 15 is 0 Å². The van der Waals surface area contributed by atoms with Crippen molar-refractivity contribution in [1.29, 1.82) is 0 Å². The number of rotatable bonds is 7. The third kappa shape index (κ3) is 4.50. The highest BCUT2D eigenvalue weighted by molar-refractivity contribution is 8.00. The van der Waals surface area contributed by atoms with E-state index in [4.69, 9.17) is 9.84 Å². The van der Waals surface area contributed by atoms with Crippen molar-refractivity contribution in [3.8, 4) is 5.75 Å². The molecule has 1 heterocycles. The van der Waals surface area contributed by atoms with Crippen LogP contribution in [-0.4, -0.2) is 32.8 Å². The van der Waals surface area contributed by atoms with E-state index in [1.165, 1.54) is 23.7 Å². The summed E-state index contributed by atoms with van der Waals surface area (Å²) < 4.78 is 10.6. The van der Waals surface area contributed by atoms with Gasteiger partial charge in [0.25, 0.3) is 0 Å². The van der Waals surface area contributed by atoms with E-state index in [1.807, 2.05) is 6.92 Å². The molecular formula is C13H14N2O3S2. The van der Waals surface area contributed by atoms with E-state index in [9.17, 15) is 4.79 Å². The Balaban J connectivity index is 1.66. The standard InChI is InChI=1S/C13H14N2O3S2/c1-9-14-13(20-15-9)19-8-2-7-18-11-5-3-10(4-6-11)12(16)17/h3-6H,2,7-8H2,1H3,(H,16,17). The van der Waals surface area contributed by atoms with Gasteiger partial charge in [0.2, 0.25) is 0 Å². The first-order chi connectivity index (χ1) is 9.65. The molecule has 0 aliphatic carbocycles. The molecule has 2 rings (SSSR count). The van der Waals surface area contributed by atoms with Gasteiger partial charge in [-0.3, -0.25) is 0 Å². The Morgan fingerprint density at radius 3 is 2.75 bits per heavy atom. The van der Waals surface area contributed by atoms with Gasteiger partial charge in [-0.15, -0.1) is 0 Å². The van der Waals surface area contributed by atoms with Gasteiger partial charge >= 0.3 is 5.97 Å². The molecule has 0 radical (unpaired) electrons. The number of thioether (sulfide) groups is 1. The Hall–Kier alpha value is -1.60. The number of aryl methyl sites for hydroxylation is 1. The first kappa shape index (κ1) is 14.8. The lowest BCUT2D eigenvalue weighted by Gasteiger charge is -2.05. The molecule has 1 aromatic carbocycles. The quantitative estimate of drug-likeness (QED) is 0.626. The number of aromatic carboxylic acids is 1. The van der Waals surface area contributed by atoms with Crippen molar-refractivity contribution in [3.05, 3.63) is 35.7 Å². The summed E-state index contributed by atoms with van der Waals surface area (Å²) in [5.41, 5.74) is 0.263. The van der Waals surface area contributed by atoms with Crippen LogP contribution in [-0.2, 0) is 0 Å². The van der Waals surface area contributed by atoms with Gasteiger partial charge in [0.1, 0.15) is 11.6 Å². The average Bonchev–Trinajstić information content (AvgIpc) is 2.84. The van der Waals surface area contributed by atoms with Gasteiger partial charge in [-0.2, -0.15) is 4.37 Å². The first-order valence-corrected chi connectivity index (χ1v) is 7.80. The second kappa shape index (κ2) is 7.25. The fourth-order valence-corrected chi connectivity index (χ4v) is 3.07. The number of benzene rings is 1. The van der Waals surface area contributed by atoms with Crippen LogP contribution in [0, 0.1) is 6.92 Å². The number of ether oxygens (including phenoxy) is 1. The fourth-order valence-electron chi connectivity index (χ4n) is 1.44. The number of hydrogen-bond donors (Lipinski definition) is 1. The minimum atomic E-state index is -0.930. The zero-order valence-corrected chi connectivity index (χ0v) is 12.5. The molecule has 0 saturated carbocycles. The van der Waals surface area contributed by atoms with Crippen molar-refractivity contribution < 1.29 is 14.6 Å². The second-order valence-electron chi connectivity index (χ2n) is 3.99. The molecular weight excluding hydrogens is 296 g/mol. The third-order valence-corrected chi connectivity index (χ3v) is 4.40. The molecule has 5 nitrogen and oxygen atoms in total. The average molecular weight is 310 g/mol. The van der Waals surface area contributed by atoms with Gasteiger partial charge in [-0.1, -0.05) is 11.8 Å². The molecule has 20 heavy (non-hydrogen) atoms. The van der Waals surface area contributed by atoms with Crippen molar-refractivity contribution in [3.63, 3.8) is 0 Å². The molecule has 0 atom stereocenters. The lowest BCUT2D eigenvalue weighted by atomic mass is 10.2. The third-order valence-electron chi connectivity index (χ3n) is 2.39. The number of aromatic nitrogens is 2. The SMILES string of the molecule is Cc1nsc(SCCCOc2ccc(C(=O)O)cc2)n1. The predicted molar refractivity (Wildman–Crippen MR) is 78.9 cm³/mol. The molecule has 1 aromatic heterocycles. The van der Waals surface area contributed by atoms with Crippen LogP contribution in [0.25, 0.3) is 0 Å². The van der Waals surface area contributed by atoms with Gasteiger partial charge in [0.05, 0.1) is 12.2 Å². The van der Waals surface area contributed by atoms with Crippen molar-refractivity contribution in [2.24, 2.45) is 0 Å². The van der Waals surface area contributed by atoms with Gasteiger partial charge in [-0.05, 0) is 49.1 Å². The van der Waals surface area contributed by atoms with E-state index in [1.54, 1.807) is 23.9 Å². The van der Waals surface area contributed by atoms with Crippen molar-refractivity contribution in [2.75, 3.05) is 12.4 Å². The topological polar surface area (TPSA) is 72.3 Å². The molecule has 0 bridgehead atoms. The van der Waals surface area contributed by atoms with Crippen LogP contribution in [0.1, 0.15) is 22.6 Å². The summed E-state index contributed by atoms with van der Waals surface area (Å²) in [6.07, 6.45) is 0.893. The highest BCUT2D eigenvalue weighted by atomic mass is 32.2. The molecule has 7 heteroatoms. The van der Waals surface area contributed by atoms with Crippen LogP contribution < -0.4 is 4.74 Å². The van der Waals surface area contributed by atoms with Crippen molar-refractivity contribution in [1.82, 2.24) is 9.36 Å². The molecule has 2 aromatic rings. The van der Waals surface area contributed by atoms with Crippen LogP contribution in [0.2, 0.25) is 0 Å². The van der Waals surface area contributed by atoms with E-state index in [-0.39, 0.29) is 5.56 Å². The summed E-state index contributed by atoms with van der Waals surface area (Å²) >= 11 is 3.08. The fraction of sp³-hybridized carbons (Fsp3) is 0.308. The van der Waals surface area contributed by atoms with Crippen LogP contribution in [0.15, 0.2) is 28.6 Å². The Bertz CT molecular complexity index is 569. The first-order valence-electron chi connectivity index (χ1n) is 6.04. The highest BCUT2D eigenvalue weighted by Crippen LogP contribution is 2.20. The number of hydrogen-bond acceptors (Lipinski definition) is 6. The number of carbonyl (C=O) groups is 1. The van der Waals surface area contributed by atoms with Crippen molar-refractivity contribution >= 4 is 29.3 Å². The molecule has 1 N–H and O–H groups in total. The Morgan fingerprint density at radius 2 is 2.15 bits per heavy atom. The highest BCUT2D eigenvalue weighted by Gasteiger charge is 2.03. The van der Waals surface area contributed by atoms with E-state index < -0.39 is 5.97 Å². The normalized spacial score (nSPS) is 10.4. The minimum Gasteiger partial charge on any atom is -0.494 e. The zero-order valence-electron chi connectivity index (χ0n) is 10.9. The van der Waals surface area contributed by atoms with Crippen LogP contribution in [0.3, 0.4) is 0 Å². The molecule has 0 fully saturated rings. The Labute approximate surface area is 125 Å². The number of carboxylic acid groups (broad SMARTS) is 1. The largest absolute Gasteiger partial charge is 0.494 e. The van der Waals surface area contributed by atoms with E-state index in [0.717, 1.165) is 22.3 Å². The minimum absolute atomic E-state index is 0.263. The lowest BCUT2D eigenvalue weighted by molar-refractivity contribution is 0.0697. The second-order valence-corrected chi connectivity index (χ2v) is 6.08. The van der Waals surface area contributed by atoms with Gasteiger partial charge in [0.15, 0.2) is 4.34 Å². The molecule has 0 saturated heterocycles. The summed E-state index contributed by atoms with van der Waals surface area (Å²) in [4.78, 5) is 15.0. The van der Waals surface area contributed by atoms with Crippen LogP contribution in [0.4, 0.5) is 0 Å². The zero-order chi connectivity index (χ0) is 14.4. The Morgan fingerprint density at radius 1 is 1.40 bits per heavy atom. The monoisotopic (exact) mass is 310 g/mol. The van der Waals surface area contributed by atoms with Crippen LogP contribution >= 0.6 is 23.3 Å². The van der Waals surface area contributed by atoms with Gasteiger partial charge in [-0.25, -0.2) is 9.78 Å². The molecule has 0 unspecified atom stereocenters. The molecule has 0 aliphatic rings. The maximum Gasteiger partial charge on any atom is 0.335 e. The van der Waals surface area contributed by atoms with Crippen molar-refractivity contribution in [2.45, 2.75) is 17.7 Å². The number of carboxylic acids is 1. The number of nitrogens with zero attached hydrogens (tertiary/aromatic N) is 2. The van der Waals surface area contributed by atoms with E-state index in [2.05, 4.69) is 9.36 Å². The van der Waals surface area contributed by atoms with Crippen LogP contribution in [0.5, 0.6) is 5.75 Å². The summed E-state index contributed by atoms with van der Waals surface area (Å²) in [6.45, 7) is 2.47. The van der Waals surface area contributed by atoms with E-state index in [0.29, 0.717) is 12.4 Å². The Kier molecular flexibility index (Phi) is 5.37. The maximum atomic E-state index is 10.7. The molecule has 0 amide bonds. The maximum absolute atomic E-state index is 10.7. The van der Waals surface area contributed by atoms with Gasteiger partial charge in [0, 0.05) is 5.75 Å². The smallest absolute Gasteiger partial charge is 0.335 e. The summed E-state index contributed by atoms with van der Waals surface area (Å²) in [6, 6.07) is 6.42. The summed E-state index contributed by atoms with van der Waals surface area (Å²) in [7, 11) is 0. The van der Waals surface area contributed by atoms with Gasteiger partial charge < -0.3 is 9.84 Å². The molecule has 0 spiro atoms. The molecule has 0 aliphatic heterocycles.